The summed E-state index contributed by atoms with van der Waals surface area (Å²) in [5, 5.41) is 2.80. The zero-order valence-electron chi connectivity index (χ0n) is 19.7. The number of hydrogen-bond acceptors (Lipinski definition) is 5. The van der Waals surface area contributed by atoms with E-state index in [-0.39, 0.29) is 36.2 Å². The highest BCUT2D eigenvalue weighted by atomic mass is 19.1. The van der Waals surface area contributed by atoms with Crippen LogP contribution in [0.5, 0.6) is 0 Å². The summed E-state index contributed by atoms with van der Waals surface area (Å²) in [6.45, 7) is 5.88. The molecule has 0 atom stereocenters. The maximum absolute atomic E-state index is 14.0. The summed E-state index contributed by atoms with van der Waals surface area (Å²) >= 11 is 0. The monoisotopic (exact) mass is 490 g/mol. The number of piperazine rings is 1. The molecule has 0 aliphatic carbocycles. The molecule has 0 unspecified atom stereocenters. The molecule has 3 aromatic rings. The minimum atomic E-state index is -0.513. The van der Waals surface area contributed by atoms with Gasteiger partial charge >= 0.3 is 0 Å². The van der Waals surface area contributed by atoms with Gasteiger partial charge in [-0.2, -0.15) is 0 Å². The number of furan rings is 1. The van der Waals surface area contributed by atoms with E-state index in [1.54, 1.807) is 47.4 Å². The fraction of sp³-hybridized carbons (Fsp3) is 0.222. The molecule has 1 aliphatic heterocycles. The largest absolute Gasteiger partial charge is 0.459 e. The highest BCUT2D eigenvalue weighted by molar-refractivity contribution is 5.98. The molecule has 0 spiro atoms. The molecular formula is C27H27FN4O4. The minimum Gasteiger partial charge on any atom is -0.459 e. The molecule has 2 heterocycles. The molecule has 4 rings (SSSR count). The molecule has 2 aromatic carbocycles. The van der Waals surface area contributed by atoms with Crippen molar-refractivity contribution < 1.29 is 23.2 Å². The van der Waals surface area contributed by atoms with Gasteiger partial charge in [0.05, 0.1) is 11.8 Å². The Morgan fingerprint density at radius 1 is 1.00 bits per heavy atom. The second-order valence-corrected chi connectivity index (χ2v) is 8.31. The molecule has 9 heteroatoms. The first-order chi connectivity index (χ1) is 17.5. The molecule has 186 valence electrons. The van der Waals surface area contributed by atoms with Crippen LogP contribution in [0.4, 0.5) is 15.8 Å². The molecule has 8 nitrogen and oxygen atoms in total. The van der Waals surface area contributed by atoms with Crippen LogP contribution in [0.25, 0.3) is 0 Å². The van der Waals surface area contributed by atoms with E-state index in [1.807, 2.05) is 12.1 Å². The number of halogens is 1. The van der Waals surface area contributed by atoms with Crippen LogP contribution in [0.15, 0.2) is 84.0 Å². The third-order valence-corrected chi connectivity index (χ3v) is 5.89. The van der Waals surface area contributed by atoms with Gasteiger partial charge in [-0.1, -0.05) is 18.2 Å². The van der Waals surface area contributed by atoms with E-state index in [2.05, 4.69) is 16.8 Å². The first kappa shape index (κ1) is 24.7. The molecule has 1 aromatic heterocycles. The number of amides is 3. The van der Waals surface area contributed by atoms with Crippen molar-refractivity contribution in [2.75, 3.05) is 49.5 Å². The molecule has 36 heavy (non-hydrogen) atoms. The Hall–Kier alpha value is -4.40. The number of nitrogens with zero attached hydrogens (tertiary/aromatic N) is 3. The molecule has 1 fully saturated rings. The molecule has 0 saturated carbocycles. The van der Waals surface area contributed by atoms with Gasteiger partial charge in [0.2, 0.25) is 5.91 Å². The predicted molar refractivity (Wildman–Crippen MR) is 134 cm³/mol. The van der Waals surface area contributed by atoms with Gasteiger partial charge in [-0.15, -0.1) is 6.58 Å². The summed E-state index contributed by atoms with van der Waals surface area (Å²) in [7, 11) is 0. The molecule has 1 aliphatic rings. The highest BCUT2D eigenvalue weighted by Crippen LogP contribution is 2.21. The van der Waals surface area contributed by atoms with E-state index < -0.39 is 11.7 Å². The number of nitrogens with one attached hydrogen (secondary N) is 1. The average molecular weight is 491 g/mol. The maximum Gasteiger partial charge on any atom is 0.290 e. The predicted octanol–water partition coefficient (Wildman–Crippen LogP) is 3.65. The molecule has 1 N–H and O–H groups in total. The van der Waals surface area contributed by atoms with Gasteiger partial charge in [0.15, 0.2) is 5.76 Å². The van der Waals surface area contributed by atoms with Crippen LogP contribution >= 0.6 is 0 Å². The Morgan fingerprint density at radius 2 is 1.72 bits per heavy atom. The van der Waals surface area contributed by atoms with Gasteiger partial charge < -0.3 is 24.4 Å². The topological polar surface area (TPSA) is 86.1 Å². The van der Waals surface area contributed by atoms with E-state index >= 15 is 0 Å². The summed E-state index contributed by atoms with van der Waals surface area (Å²) < 4.78 is 19.1. The summed E-state index contributed by atoms with van der Waals surface area (Å²) in [5.74, 6) is -1.39. The summed E-state index contributed by atoms with van der Waals surface area (Å²) in [6, 6.07) is 16.5. The van der Waals surface area contributed by atoms with E-state index in [4.69, 9.17) is 4.42 Å². The Morgan fingerprint density at radius 3 is 2.36 bits per heavy atom. The third kappa shape index (κ3) is 5.80. The molecule has 0 bridgehead atoms. The highest BCUT2D eigenvalue weighted by Gasteiger charge is 2.24. The van der Waals surface area contributed by atoms with Crippen molar-refractivity contribution in [3.8, 4) is 0 Å². The number of carbonyl (C=O) groups is 3. The molecule has 0 radical (unpaired) electrons. The molecular weight excluding hydrogens is 463 g/mol. The Bertz CT molecular complexity index is 1220. The Labute approximate surface area is 208 Å². The second-order valence-electron chi connectivity index (χ2n) is 8.31. The smallest absolute Gasteiger partial charge is 0.290 e. The van der Waals surface area contributed by atoms with Crippen molar-refractivity contribution in [3.63, 3.8) is 0 Å². The number of carbonyl (C=O) groups excluding carboxylic acids is 3. The van der Waals surface area contributed by atoms with Gasteiger partial charge in [0, 0.05) is 44.1 Å². The number of benzene rings is 2. The fourth-order valence-electron chi connectivity index (χ4n) is 4.03. The Balaban J connectivity index is 1.30. The quantitative estimate of drug-likeness (QED) is 0.487. The Kier molecular flexibility index (Phi) is 7.79. The van der Waals surface area contributed by atoms with Gasteiger partial charge in [-0.05, 0) is 48.5 Å². The van der Waals surface area contributed by atoms with E-state index in [1.165, 1.54) is 23.3 Å². The van der Waals surface area contributed by atoms with E-state index in [9.17, 15) is 18.8 Å². The van der Waals surface area contributed by atoms with Gasteiger partial charge in [0.25, 0.3) is 11.8 Å². The van der Waals surface area contributed by atoms with Crippen LogP contribution in [0.1, 0.15) is 20.9 Å². The van der Waals surface area contributed by atoms with Crippen molar-refractivity contribution in [1.29, 1.82) is 0 Å². The van der Waals surface area contributed by atoms with Crippen molar-refractivity contribution in [1.82, 2.24) is 9.80 Å². The van der Waals surface area contributed by atoms with Gasteiger partial charge in [0.1, 0.15) is 12.4 Å². The maximum atomic E-state index is 14.0. The average Bonchev–Trinajstić information content (AvgIpc) is 3.44. The SMILES string of the molecule is C=CCN(CC(=O)Nc1ccc(N2CCN(C(=O)c3ccccc3F)CC2)cc1)C(=O)c1ccco1. The van der Waals surface area contributed by atoms with Crippen LogP contribution in [-0.2, 0) is 4.79 Å². The lowest BCUT2D eigenvalue weighted by Gasteiger charge is -2.36. The zero-order valence-corrected chi connectivity index (χ0v) is 19.7. The lowest BCUT2D eigenvalue weighted by molar-refractivity contribution is -0.116. The molecule has 3 amide bonds. The van der Waals surface area contributed by atoms with Crippen LogP contribution < -0.4 is 10.2 Å². The normalized spacial score (nSPS) is 13.2. The van der Waals surface area contributed by atoms with Gasteiger partial charge in [-0.25, -0.2) is 4.39 Å². The van der Waals surface area contributed by atoms with Crippen LogP contribution in [0.3, 0.4) is 0 Å². The minimum absolute atomic E-state index is 0.0866. The summed E-state index contributed by atoms with van der Waals surface area (Å²) in [5.41, 5.74) is 1.64. The number of anilines is 2. The first-order valence-electron chi connectivity index (χ1n) is 11.6. The van der Waals surface area contributed by atoms with Crippen molar-refractivity contribution in [2.24, 2.45) is 0 Å². The van der Waals surface area contributed by atoms with E-state index in [0.29, 0.717) is 31.9 Å². The fourth-order valence-corrected chi connectivity index (χ4v) is 4.03. The summed E-state index contributed by atoms with van der Waals surface area (Å²) in [4.78, 5) is 42.8. The summed E-state index contributed by atoms with van der Waals surface area (Å²) in [6.07, 6.45) is 2.95. The standard InChI is InChI=1S/C27H27FN4O4/c1-2-13-32(27(35)24-8-5-18-36-24)19-25(33)29-20-9-11-21(12-10-20)30-14-16-31(17-15-30)26(34)22-6-3-4-7-23(22)28/h2-12,18H,1,13-17,19H2,(H,29,33). The number of hydrogen-bond donors (Lipinski definition) is 1. The second kappa shape index (κ2) is 11.4. The van der Waals surface area contributed by atoms with Crippen molar-refractivity contribution >= 4 is 29.1 Å². The lowest BCUT2D eigenvalue weighted by Crippen LogP contribution is -2.49. The first-order valence-corrected chi connectivity index (χ1v) is 11.6. The van der Waals surface area contributed by atoms with Crippen molar-refractivity contribution in [3.05, 3.63) is 96.7 Å². The van der Waals surface area contributed by atoms with Crippen LogP contribution in [0, 0.1) is 5.82 Å². The third-order valence-electron chi connectivity index (χ3n) is 5.89. The zero-order chi connectivity index (χ0) is 25.5. The van der Waals surface area contributed by atoms with Crippen LogP contribution in [-0.4, -0.2) is 66.8 Å². The van der Waals surface area contributed by atoms with E-state index in [0.717, 1.165) is 5.69 Å². The van der Waals surface area contributed by atoms with Gasteiger partial charge in [-0.3, -0.25) is 14.4 Å². The van der Waals surface area contributed by atoms with Crippen LogP contribution in [0.2, 0.25) is 0 Å². The molecule has 1 saturated heterocycles. The lowest BCUT2D eigenvalue weighted by atomic mass is 10.1. The van der Waals surface area contributed by atoms with Crippen molar-refractivity contribution in [2.45, 2.75) is 0 Å². The number of rotatable bonds is 8.